The zero-order valence-electron chi connectivity index (χ0n) is 63.2. The van der Waals surface area contributed by atoms with Crippen LogP contribution in [0.25, 0.3) is 0 Å². The summed E-state index contributed by atoms with van der Waals surface area (Å²) in [7, 11) is 12.1. The molecule has 22 nitrogen and oxygen atoms in total. The SMILES string of the molecule is C/C=C/C[C@@H](C)[C@@H](O)[C@H]1C(=O)N[C@@H](CC)C(=O)N(C)[C@H](C)C(=O)N(C)[C@@H]([C@H](C)CCCN2CCC(OC)CC2)C(=O)C[C@@H](C(C)C)C(=O)N(C)[C@@H](CC(C)C)C(=O)C[C@@H](C)C(=O)C[C@H](C)C(=O)N(C)[C@@H](CC(C)C)C(=O)N(C)[C@@H](CC(C)C)C(=O)N(C)[C@@H](C(C)C)C(=O)N1C. The summed E-state index contributed by atoms with van der Waals surface area (Å²) < 4.78 is 5.60. The van der Waals surface area contributed by atoms with Crippen LogP contribution in [-0.2, 0) is 57.5 Å². The molecule has 2 heterocycles. The van der Waals surface area contributed by atoms with E-state index in [1.54, 1.807) is 61.8 Å². The molecule has 2 saturated heterocycles. The predicted octanol–water partition coefficient (Wildman–Crippen LogP) is 7.41. The molecule has 0 radical (unpaired) electrons. The molecule has 0 aromatic heterocycles. The highest BCUT2D eigenvalue weighted by atomic mass is 16.5. The van der Waals surface area contributed by atoms with Crippen molar-refractivity contribution < 1.29 is 62.6 Å². The summed E-state index contributed by atoms with van der Waals surface area (Å²) in [5, 5.41) is 15.1. The molecule has 22 heteroatoms. The van der Waals surface area contributed by atoms with E-state index in [4.69, 9.17) is 4.74 Å². The summed E-state index contributed by atoms with van der Waals surface area (Å²) in [6.07, 6.45) is 5.54. The normalized spacial score (nSPS) is 28.1. The standard InChI is InChI=1S/C73H129N9O13/c1-26-28-30-49(14)65(86)64-66(87)74-55(27-2)70(91)75(18)52(17)68(89)80(23)63(48(13)31-29-34-82-35-32-53(95-25)33-36-82)61(85)42-54(46(9)10)69(90)76(19)56(37-43(3)4)60(84)40-50(15)59(83)41-51(16)67(88)77(20)57(38-44(5)6)71(92)78(21)58(39-45(7)8)72(93)79(22)62(47(11)12)73(94)81(64)24/h26,28,43-58,62-65,86H,27,29-42H2,1-25H3,(H,74,87)/b28-26+/t48-,49-,50-,51+,52-,54+,55+,56+,57+,58+,62+,63+,64+,65-/m1/s1. The number of amides is 8. The number of methoxy groups -OCH3 is 1. The molecule has 2 rings (SSSR count). The lowest BCUT2D eigenvalue weighted by molar-refractivity contribution is -0.157. The van der Waals surface area contributed by atoms with Crippen LogP contribution in [0.1, 0.15) is 195 Å². The van der Waals surface area contributed by atoms with Crippen molar-refractivity contribution in [1.82, 2.24) is 44.5 Å². The van der Waals surface area contributed by atoms with Gasteiger partial charge in [0, 0.05) is 107 Å². The molecule has 2 aliphatic rings. The Morgan fingerprint density at radius 3 is 1.48 bits per heavy atom. The van der Waals surface area contributed by atoms with Crippen molar-refractivity contribution >= 4 is 64.6 Å². The summed E-state index contributed by atoms with van der Waals surface area (Å²) >= 11 is 0. The zero-order valence-corrected chi connectivity index (χ0v) is 63.2. The number of likely N-dealkylation sites (tertiary alicyclic amines) is 1. The predicted molar refractivity (Wildman–Crippen MR) is 372 cm³/mol. The maximum atomic E-state index is 15.3. The first-order valence-corrected chi connectivity index (χ1v) is 35.4. The molecule has 0 aromatic rings. The Balaban J connectivity index is 3.03. The third-order valence-corrected chi connectivity index (χ3v) is 20.3. The number of allylic oxidation sites excluding steroid dienone is 2. The van der Waals surface area contributed by atoms with Gasteiger partial charge in [-0.3, -0.25) is 52.7 Å². The monoisotopic (exact) mass is 1340 g/mol. The number of aliphatic hydroxyl groups is 1. The van der Waals surface area contributed by atoms with E-state index in [1.165, 1.54) is 78.6 Å². The third-order valence-electron chi connectivity index (χ3n) is 20.3. The molecule has 2 aliphatic heterocycles. The van der Waals surface area contributed by atoms with Crippen LogP contribution in [0.2, 0.25) is 0 Å². The first-order valence-electron chi connectivity index (χ1n) is 35.4. The minimum atomic E-state index is -1.61. The van der Waals surface area contributed by atoms with Crippen LogP contribution >= 0.6 is 0 Å². The Kier molecular flexibility index (Phi) is 35.7. The molecule has 0 aromatic carbocycles. The molecule has 14 atom stereocenters. The summed E-state index contributed by atoms with van der Waals surface area (Å²) in [5.74, 6) is -11.0. The van der Waals surface area contributed by atoms with Gasteiger partial charge in [0.15, 0.2) is 11.6 Å². The number of nitrogens with zero attached hydrogens (tertiary/aromatic N) is 8. The molecule has 2 N–H and O–H groups in total. The Labute approximate surface area is 572 Å². The number of carbonyl (C=O) groups excluding carboxylic acids is 11. The number of aliphatic hydroxyl groups excluding tert-OH is 1. The van der Waals surface area contributed by atoms with Crippen molar-refractivity contribution in [2.45, 2.75) is 255 Å². The van der Waals surface area contributed by atoms with Crippen LogP contribution in [0.3, 0.4) is 0 Å². The van der Waals surface area contributed by atoms with Gasteiger partial charge < -0.3 is 54.4 Å². The van der Waals surface area contributed by atoms with Crippen molar-refractivity contribution in [3.8, 4) is 0 Å². The molecule has 0 unspecified atom stereocenters. The number of nitrogens with one attached hydrogen (secondary N) is 1. The lowest BCUT2D eigenvalue weighted by atomic mass is 9.82. The number of Topliss-reactive ketones (excluding diaryl/α,β-unsaturated/α-hetero) is 3. The smallest absolute Gasteiger partial charge is 0.246 e. The zero-order chi connectivity index (χ0) is 73.0. The largest absolute Gasteiger partial charge is 0.390 e. The maximum absolute atomic E-state index is 15.3. The quantitative estimate of drug-likeness (QED) is 0.120. The number of rotatable bonds is 19. The van der Waals surface area contributed by atoms with Gasteiger partial charge in [0.2, 0.25) is 47.3 Å². The van der Waals surface area contributed by atoms with Crippen molar-refractivity contribution in [3.05, 3.63) is 12.2 Å². The topological polar surface area (TPSA) is 255 Å². The highest BCUT2D eigenvalue weighted by Gasteiger charge is 2.46. The molecule has 0 spiro atoms. The average Bonchev–Trinajstić information content (AvgIpc) is 0.810. The molecule has 0 bridgehead atoms. The second kappa shape index (κ2) is 39.7. The first-order chi connectivity index (χ1) is 44.1. The first kappa shape index (κ1) is 85.5. The molecular weight excluding hydrogens is 1210 g/mol. The van der Waals surface area contributed by atoms with Crippen molar-refractivity contribution in [1.29, 1.82) is 0 Å². The van der Waals surface area contributed by atoms with Gasteiger partial charge in [0.05, 0.1) is 24.3 Å². The van der Waals surface area contributed by atoms with Gasteiger partial charge in [-0.15, -0.1) is 0 Å². The van der Waals surface area contributed by atoms with Crippen molar-refractivity contribution in [2.24, 2.45) is 59.2 Å². The van der Waals surface area contributed by atoms with Crippen molar-refractivity contribution in [3.63, 3.8) is 0 Å². The van der Waals surface area contributed by atoms with Crippen molar-refractivity contribution in [2.75, 3.05) is 76.1 Å². The highest BCUT2D eigenvalue weighted by Crippen LogP contribution is 2.31. The number of carbonyl (C=O) groups is 11. The van der Waals surface area contributed by atoms with E-state index < -0.39 is 143 Å². The van der Waals surface area contributed by atoms with Crippen LogP contribution in [0.5, 0.6) is 0 Å². The Bertz CT molecular complexity index is 2580. The molecule has 544 valence electrons. The summed E-state index contributed by atoms with van der Waals surface area (Å²) in [6.45, 7) is 33.0. The van der Waals surface area contributed by atoms with Crippen LogP contribution in [0, 0.1) is 59.2 Å². The number of likely N-dealkylation sites (N-methyl/N-ethyl adjacent to an activating group) is 7. The summed E-state index contributed by atoms with van der Waals surface area (Å²) in [5.41, 5.74) is 0. The Morgan fingerprint density at radius 1 is 0.526 bits per heavy atom. The van der Waals surface area contributed by atoms with Gasteiger partial charge in [0.1, 0.15) is 42.0 Å². The van der Waals surface area contributed by atoms with Gasteiger partial charge >= 0.3 is 0 Å². The van der Waals surface area contributed by atoms with Crippen LogP contribution in [-0.4, -0.2) is 246 Å². The van der Waals surface area contributed by atoms with E-state index in [0.717, 1.165) is 37.4 Å². The molecular formula is C73H129N9O13. The lowest BCUT2D eigenvalue weighted by Gasteiger charge is -2.41. The molecule has 0 aliphatic carbocycles. The number of piperidine rings is 1. The molecule has 0 saturated carbocycles. The van der Waals surface area contributed by atoms with E-state index in [1.807, 2.05) is 75.3 Å². The Morgan fingerprint density at radius 2 is 1.00 bits per heavy atom. The summed E-state index contributed by atoms with van der Waals surface area (Å²) in [6, 6.07) is -9.60. The fourth-order valence-electron chi connectivity index (χ4n) is 13.8. The lowest BCUT2D eigenvalue weighted by Crippen LogP contribution is -2.63. The van der Waals surface area contributed by atoms with Crippen LogP contribution in [0.4, 0.5) is 0 Å². The van der Waals surface area contributed by atoms with Gasteiger partial charge in [-0.2, -0.15) is 0 Å². The van der Waals surface area contributed by atoms with E-state index in [0.29, 0.717) is 19.3 Å². The Hall–Kier alpha value is -5.61. The van der Waals surface area contributed by atoms with Crippen LogP contribution < -0.4 is 5.32 Å². The van der Waals surface area contributed by atoms with E-state index in [-0.39, 0.29) is 86.2 Å². The minimum absolute atomic E-state index is 0.0255. The number of ether oxygens (including phenoxy) is 1. The molecule has 2 fully saturated rings. The average molecular weight is 1340 g/mol. The van der Waals surface area contributed by atoms with Gasteiger partial charge in [-0.25, -0.2) is 0 Å². The fraction of sp³-hybridized carbons (Fsp3) is 0.822. The van der Waals surface area contributed by atoms with E-state index in [2.05, 4.69) is 10.2 Å². The fourth-order valence-corrected chi connectivity index (χ4v) is 13.8. The van der Waals surface area contributed by atoms with Gasteiger partial charge in [-0.1, -0.05) is 116 Å². The number of ketones is 3. The van der Waals surface area contributed by atoms with Crippen LogP contribution in [0.15, 0.2) is 12.2 Å². The van der Waals surface area contributed by atoms with E-state index >= 15 is 33.6 Å². The third kappa shape index (κ3) is 23.8. The highest BCUT2D eigenvalue weighted by molar-refractivity contribution is 6.00. The number of hydrogen-bond donors (Lipinski definition) is 2. The maximum Gasteiger partial charge on any atom is 0.246 e. The van der Waals surface area contributed by atoms with Gasteiger partial charge in [0.25, 0.3) is 0 Å². The van der Waals surface area contributed by atoms with Gasteiger partial charge in [-0.05, 0) is 120 Å². The minimum Gasteiger partial charge on any atom is -0.390 e. The summed E-state index contributed by atoms with van der Waals surface area (Å²) in [4.78, 5) is 176. The van der Waals surface area contributed by atoms with E-state index in [9.17, 15) is 24.3 Å². The second-order valence-electron chi connectivity index (χ2n) is 30.1. The molecule has 95 heavy (non-hydrogen) atoms. The molecule has 8 amide bonds. The second-order valence-corrected chi connectivity index (χ2v) is 30.1. The number of hydrogen-bond acceptors (Lipinski definition) is 14.